The van der Waals surface area contributed by atoms with Crippen LogP contribution in [0.3, 0.4) is 0 Å². The van der Waals surface area contributed by atoms with E-state index in [9.17, 15) is 4.79 Å². The molecule has 1 rings (SSSR count). The monoisotopic (exact) mass is 337 g/mol. The number of aliphatic hydroxyl groups excluding tert-OH is 1. The Morgan fingerprint density at radius 1 is 1.43 bits per heavy atom. The highest BCUT2D eigenvalue weighted by Crippen LogP contribution is 2.22. The summed E-state index contributed by atoms with van der Waals surface area (Å²) in [4.78, 5) is 16.1. The Hall–Kier alpha value is -1.86. The predicted octanol–water partition coefficient (Wildman–Crippen LogP) is 3.43. The van der Waals surface area contributed by atoms with Crippen molar-refractivity contribution < 1.29 is 14.6 Å². The third-order valence-electron chi connectivity index (χ3n) is 2.62. The van der Waals surface area contributed by atoms with Crippen molar-refractivity contribution in [2.45, 2.75) is 33.3 Å². The molecule has 0 aliphatic heterocycles. The van der Waals surface area contributed by atoms with E-state index in [1.54, 1.807) is 7.05 Å². The van der Waals surface area contributed by atoms with E-state index in [2.05, 4.69) is 14.7 Å². The number of nitrogens with zero attached hydrogens (tertiary/aromatic N) is 2. The van der Waals surface area contributed by atoms with E-state index in [0.29, 0.717) is 10.7 Å². The van der Waals surface area contributed by atoms with Crippen molar-refractivity contribution in [2.24, 2.45) is 9.39 Å². The number of amides is 1. The Labute approximate surface area is 141 Å². The first kappa shape index (κ1) is 19.2. The molecule has 0 aliphatic rings. The molecule has 0 saturated carbocycles. The van der Waals surface area contributed by atoms with Gasteiger partial charge >= 0.3 is 6.09 Å². The number of rotatable bonds is 4. The van der Waals surface area contributed by atoms with E-state index in [-0.39, 0.29) is 6.61 Å². The number of aliphatic hydroxyl groups is 1. The van der Waals surface area contributed by atoms with Crippen LogP contribution in [0.15, 0.2) is 27.6 Å². The lowest BCUT2D eigenvalue weighted by atomic mass is 10.1. The zero-order valence-corrected chi connectivity index (χ0v) is 14.9. The topological polar surface area (TPSA) is 83.3 Å². The first-order chi connectivity index (χ1) is 10.8. The van der Waals surface area contributed by atoms with E-state index in [1.807, 2.05) is 45.9 Å². The lowest BCUT2D eigenvalue weighted by Crippen LogP contribution is -2.27. The molecule has 0 spiro atoms. The fourth-order valence-electron chi connectivity index (χ4n) is 1.65. The van der Waals surface area contributed by atoms with Crippen molar-refractivity contribution in [3.63, 3.8) is 0 Å². The predicted molar refractivity (Wildman–Crippen MR) is 96.7 cm³/mol. The van der Waals surface area contributed by atoms with Crippen LogP contribution in [0.1, 0.15) is 31.9 Å². The summed E-state index contributed by atoms with van der Waals surface area (Å²) in [6.45, 7) is 7.22. The van der Waals surface area contributed by atoms with Crippen LogP contribution in [-0.2, 0) is 4.74 Å². The van der Waals surface area contributed by atoms with Crippen LogP contribution in [0.5, 0.6) is 0 Å². The maximum atomic E-state index is 11.9. The number of carbonyl (C=O) groups excluding carboxylic acids is 1. The number of carbonyl (C=O) groups is 1. The molecule has 1 aromatic carbocycles. The number of aryl methyl sites for hydroxylation is 1. The third-order valence-corrected chi connectivity index (χ3v) is 3.46. The number of anilines is 1. The first-order valence-corrected chi connectivity index (χ1v) is 7.91. The number of ether oxygens (including phenoxy) is 1. The van der Waals surface area contributed by atoms with Crippen molar-refractivity contribution in [1.82, 2.24) is 0 Å². The second-order valence-electron chi connectivity index (χ2n) is 5.75. The Morgan fingerprint density at radius 3 is 2.70 bits per heavy atom. The first-order valence-electron chi connectivity index (χ1n) is 7.14. The normalized spacial score (nSPS) is 12.5. The molecule has 0 bridgehead atoms. The lowest BCUT2D eigenvalue weighted by Gasteiger charge is -2.20. The van der Waals surface area contributed by atoms with E-state index >= 15 is 0 Å². The molecular formula is C16H23N3O3S. The summed E-state index contributed by atoms with van der Waals surface area (Å²) < 4.78 is 9.26. The van der Waals surface area contributed by atoms with Crippen molar-refractivity contribution in [3.8, 4) is 0 Å². The molecule has 1 aromatic rings. The lowest BCUT2D eigenvalue weighted by molar-refractivity contribution is 0.0636. The van der Waals surface area contributed by atoms with Gasteiger partial charge in [0.1, 0.15) is 10.6 Å². The second-order valence-corrected chi connectivity index (χ2v) is 6.53. The van der Waals surface area contributed by atoms with E-state index < -0.39 is 11.7 Å². The summed E-state index contributed by atoms with van der Waals surface area (Å²) in [5.74, 6) is 0. The van der Waals surface area contributed by atoms with Crippen molar-refractivity contribution in [3.05, 3.63) is 29.3 Å². The van der Waals surface area contributed by atoms with E-state index in [0.717, 1.165) is 23.1 Å². The average Bonchev–Trinajstić information content (AvgIpc) is 2.44. The average molecular weight is 337 g/mol. The molecule has 0 aliphatic carbocycles. The van der Waals surface area contributed by atoms with Gasteiger partial charge in [-0.15, -0.1) is 0 Å². The molecule has 0 radical (unpaired) electrons. The van der Waals surface area contributed by atoms with Gasteiger partial charge < -0.3 is 9.84 Å². The molecule has 6 nitrogen and oxygen atoms in total. The van der Waals surface area contributed by atoms with Crippen molar-refractivity contribution >= 4 is 35.0 Å². The molecule has 23 heavy (non-hydrogen) atoms. The van der Waals surface area contributed by atoms with E-state index in [1.165, 1.54) is 6.21 Å². The summed E-state index contributed by atoms with van der Waals surface area (Å²) in [5.41, 5.74) is 1.84. The van der Waals surface area contributed by atoms with Gasteiger partial charge in [0.25, 0.3) is 0 Å². The molecule has 0 aromatic heterocycles. The zero-order chi connectivity index (χ0) is 17.5. The second kappa shape index (κ2) is 8.69. The van der Waals surface area contributed by atoms with Crippen LogP contribution >= 0.6 is 11.9 Å². The van der Waals surface area contributed by atoms with Crippen LogP contribution < -0.4 is 5.32 Å². The molecule has 2 N–H and O–H groups in total. The van der Waals surface area contributed by atoms with Gasteiger partial charge in [-0.05, 0) is 39.3 Å². The smallest absolute Gasteiger partial charge is 0.412 e. The van der Waals surface area contributed by atoms with E-state index in [4.69, 9.17) is 9.84 Å². The fourth-order valence-corrected chi connectivity index (χ4v) is 2.20. The SMILES string of the molecule is CN=C(S/N=C/CO)c1ccc(C)c(NC(=O)OC(C)(C)C)c1. The highest BCUT2D eigenvalue weighted by Gasteiger charge is 2.17. The maximum absolute atomic E-state index is 11.9. The highest BCUT2D eigenvalue weighted by molar-refractivity contribution is 8.13. The van der Waals surface area contributed by atoms with Crippen molar-refractivity contribution in [2.75, 3.05) is 19.0 Å². The largest absolute Gasteiger partial charge is 0.444 e. The zero-order valence-electron chi connectivity index (χ0n) is 14.1. The molecule has 0 unspecified atom stereocenters. The minimum Gasteiger partial charge on any atom is -0.444 e. The quantitative estimate of drug-likeness (QED) is 0.501. The van der Waals surface area contributed by atoms with Gasteiger partial charge in [0, 0.05) is 36.5 Å². The summed E-state index contributed by atoms with van der Waals surface area (Å²) in [5, 5.41) is 12.2. The summed E-state index contributed by atoms with van der Waals surface area (Å²) >= 11 is 1.16. The van der Waals surface area contributed by atoms with Crippen LogP contribution in [0.25, 0.3) is 0 Å². The molecule has 0 fully saturated rings. The Morgan fingerprint density at radius 2 is 2.13 bits per heavy atom. The molecule has 1 amide bonds. The summed E-state index contributed by atoms with van der Waals surface area (Å²) in [6, 6.07) is 5.62. The minimum absolute atomic E-state index is 0.122. The van der Waals surface area contributed by atoms with Gasteiger partial charge in [-0.3, -0.25) is 10.3 Å². The Balaban J connectivity index is 2.94. The number of aliphatic imine (C=N–C) groups is 1. The van der Waals surface area contributed by atoms with Gasteiger partial charge in [0.15, 0.2) is 0 Å². The highest BCUT2D eigenvalue weighted by atomic mass is 32.2. The summed E-state index contributed by atoms with van der Waals surface area (Å²) in [7, 11) is 1.66. The summed E-state index contributed by atoms with van der Waals surface area (Å²) in [6.07, 6.45) is 0.892. The van der Waals surface area contributed by atoms with Crippen LogP contribution in [0.2, 0.25) is 0 Å². The molecular weight excluding hydrogens is 314 g/mol. The van der Waals surface area contributed by atoms with Crippen LogP contribution in [-0.4, -0.2) is 41.7 Å². The van der Waals surface area contributed by atoms with Crippen LogP contribution in [0, 0.1) is 6.92 Å². The van der Waals surface area contributed by atoms with Crippen LogP contribution in [0.4, 0.5) is 10.5 Å². The van der Waals surface area contributed by atoms with Crippen molar-refractivity contribution in [1.29, 1.82) is 0 Å². The molecule has 126 valence electrons. The maximum Gasteiger partial charge on any atom is 0.412 e. The third kappa shape index (κ3) is 6.83. The number of hydrogen-bond acceptors (Lipinski definition) is 6. The fraction of sp³-hybridized carbons (Fsp3) is 0.438. The van der Waals surface area contributed by atoms with Gasteiger partial charge in [-0.1, -0.05) is 12.1 Å². The van der Waals surface area contributed by atoms with Gasteiger partial charge in [0.05, 0.1) is 6.61 Å². The standard InChI is InChI=1S/C16H23N3O3S/c1-11-6-7-12(14(17-5)23-18-8-9-20)10-13(11)19-15(21)22-16(2,3)4/h6-8,10,20H,9H2,1-5H3,(H,19,21)/b17-14?,18-8+. The minimum atomic E-state index is -0.555. The van der Waals surface area contributed by atoms with Gasteiger partial charge in [-0.2, -0.15) is 0 Å². The van der Waals surface area contributed by atoms with Gasteiger partial charge in [-0.25, -0.2) is 9.19 Å². The Bertz CT molecular complexity index is 607. The molecule has 7 heteroatoms. The molecule has 0 atom stereocenters. The van der Waals surface area contributed by atoms with Gasteiger partial charge in [0.2, 0.25) is 0 Å². The number of hydrogen-bond donors (Lipinski definition) is 2. The number of benzene rings is 1. The number of nitrogens with one attached hydrogen (secondary N) is 1. The Kier molecular flexibility index (Phi) is 7.25. The molecule has 0 heterocycles. The molecule has 0 saturated heterocycles.